The second kappa shape index (κ2) is 9.99. The summed E-state index contributed by atoms with van der Waals surface area (Å²) in [7, 11) is 3.03. The quantitative estimate of drug-likeness (QED) is 0.368. The van der Waals surface area contributed by atoms with Gasteiger partial charge in [0.2, 0.25) is 5.76 Å². The van der Waals surface area contributed by atoms with Crippen LogP contribution in [0.25, 0.3) is 11.0 Å². The lowest BCUT2D eigenvalue weighted by atomic mass is 10.1. The molecule has 0 atom stereocenters. The van der Waals surface area contributed by atoms with Gasteiger partial charge in [0.25, 0.3) is 11.8 Å². The molecule has 34 heavy (non-hydrogen) atoms. The van der Waals surface area contributed by atoms with Crippen LogP contribution in [0.3, 0.4) is 0 Å². The van der Waals surface area contributed by atoms with Gasteiger partial charge in [0, 0.05) is 11.5 Å². The number of ether oxygens (including phenoxy) is 3. The highest BCUT2D eigenvalue weighted by molar-refractivity contribution is 6.17. The van der Waals surface area contributed by atoms with Gasteiger partial charge in [-0.25, -0.2) is 0 Å². The smallest absolute Gasteiger partial charge is 0.293 e. The van der Waals surface area contributed by atoms with E-state index in [2.05, 4.69) is 10.6 Å². The van der Waals surface area contributed by atoms with Gasteiger partial charge in [0.1, 0.15) is 28.5 Å². The number of fused-ring (bicyclic) bond motifs is 1. The van der Waals surface area contributed by atoms with E-state index in [0.29, 0.717) is 46.1 Å². The average Bonchev–Trinajstić information content (AvgIpc) is 3.23. The highest BCUT2D eigenvalue weighted by Gasteiger charge is 2.24. The molecule has 0 fully saturated rings. The largest absolute Gasteiger partial charge is 0.497 e. The summed E-state index contributed by atoms with van der Waals surface area (Å²) in [6.07, 6.45) is 0. The van der Waals surface area contributed by atoms with Crippen molar-refractivity contribution in [3.05, 3.63) is 78.1 Å². The maximum atomic E-state index is 13.2. The topological polar surface area (TPSA) is 99.0 Å². The van der Waals surface area contributed by atoms with E-state index in [1.165, 1.54) is 7.11 Å². The number of carbonyl (C=O) groups is 2. The molecule has 0 saturated carbocycles. The summed E-state index contributed by atoms with van der Waals surface area (Å²) >= 11 is 0. The highest BCUT2D eigenvalue weighted by Crippen LogP contribution is 2.34. The summed E-state index contributed by atoms with van der Waals surface area (Å²) in [5.41, 5.74) is 1.49. The highest BCUT2D eigenvalue weighted by atomic mass is 16.5. The third kappa shape index (κ3) is 4.52. The van der Waals surface area contributed by atoms with Crippen molar-refractivity contribution in [2.45, 2.75) is 6.92 Å². The van der Waals surface area contributed by atoms with E-state index in [1.807, 2.05) is 6.92 Å². The molecule has 0 saturated heterocycles. The molecule has 0 aliphatic heterocycles. The SMILES string of the molecule is CCOc1ccccc1C(=O)Nc1c(C(=O)Nc2ccc(OC)cc2OC)oc2ccccc12. The molecule has 0 radical (unpaired) electrons. The molecule has 0 aliphatic carbocycles. The van der Waals surface area contributed by atoms with Crippen molar-refractivity contribution >= 4 is 34.2 Å². The summed E-state index contributed by atoms with van der Waals surface area (Å²) in [5, 5.41) is 6.22. The normalized spacial score (nSPS) is 10.6. The molecule has 0 aliphatic rings. The first-order valence-electron chi connectivity index (χ1n) is 10.6. The fourth-order valence-electron chi connectivity index (χ4n) is 3.53. The van der Waals surface area contributed by atoms with Crippen LogP contribution in [-0.4, -0.2) is 32.6 Å². The Balaban J connectivity index is 1.70. The second-order valence-corrected chi connectivity index (χ2v) is 7.21. The van der Waals surface area contributed by atoms with E-state index in [1.54, 1.807) is 73.8 Å². The number of hydrogen-bond donors (Lipinski definition) is 2. The number of methoxy groups -OCH3 is 2. The first-order chi connectivity index (χ1) is 16.5. The zero-order valence-corrected chi connectivity index (χ0v) is 19.0. The molecule has 2 N–H and O–H groups in total. The van der Waals surface area contributed by atoms with E-state index in [0.717, 1.165) is 0 Å². The van der Waals surface area contributed by atoms with E-state index < -0.39 is 11.8 Å². The molecule has 0 unspecified atom stereocenters. The Kier molecular flexibility index (Phi) is 6.68. The van der Waals surface area contributed by atoms with Gasteiger partial charge < -0.3 is 29.3 Å². The van der Waals surface area contributed by atoms with Crippen molar-refractivity contribution in [2.24, 2.45) is 0 Å². The van der Waals surface area contributed by atoms with Gasteiger partial charge in [-0.05, 0) is 43.3 Å². The number of para-hydroxylation sites is 2. The van der Waals surface area contributed by atoms with Gasteiger partial charge in [0.05, 0.1) is 32.1 Å². The fraction of sp³-hybridized carbons (Fsp3) is 0.154. The van der Waals surface area contributed by atoms with Crippen molar-refractivity contribution in [2.75, 3.05) is 31.5 Å². The number of anilines is 2. The Morgan fingerprint density at radius 2 is 1.62 bits per heavy atom. The third-order valence-corrected chi connectivity index (χ3v) is 5.13. The van der Waals surface area contributed by atoms with E-state index >= 15 is 0 Å². The van der Waals surface area contributed by atoms with Crippen molar-refractivity contribution in [1.82, 2.24) is 0 Å². The summed E-state index contributed by atoms with van der Waals surface area (Å²) < 4.78 is 22.0. The molecule has 4 aromatic rings. The monoisotopic (exact) mass is 460 g/mol. The Morgan fingerprint density at radius 1 is 0.853 bits per heavy atom. The van der Waals surface area contributed by atoms with E-state index in [9.17, 15) is 9.59 Å². The van der Waals surface area contributed by atoms with Gasteiger partial charge >= 0.3 is 0 Å². The van der Waals surface area contributed by atoms with Crippen molar-refractivity contribution in [1.29, 1.82) is 0 Å². The number of benzene rings is 3. The molecule has 8 nitrogen and oxygen atoms in total. The third-order valence-electron chi connectivity index (χ3n) is 5.13. The Bertz CT molecular complexity index is 1340. The average molecular weight is 460 g/mol. The molecule has 174 valence electrons. The first kappa shape index (κ1) is 22.7. The van der Waals surface area contributed by atoms with Crippen LogP contribution in [0.1, 0.15) is 27.8 Å². The maximum Gasteiger partial charge on any atom is 0.293 e. The molecule has 2 amide bonds. The Labute approximate surface area is 196 Å². The molecular weight excluding hydrogens is 436 g/mol. The van der Waals surface area contributed by atoms with E-state index in [-0.39, 0.29) is 11.4 Å². The number of carbonyl (C=O) groups excluding carboxylic acids is 2. The maximum absolute atomic E-state index is 13.2. The van der Waals surface area contributed by atoms with Crippen LogP contribution in [0.15, 0.2) is 71.1 Å². The molecule has 0 spiro atoms. The van der Waals surface area contributed by atoms with Gasteiger partial charge in [-0.3, -0.25) is 9.59 Å². The predicted octanol–water partition coefficient (Wildman–Crippen LogP) is 5.35. The fourth-order valence-corrected chi connectivity index (χ4v) is 3.53. The lowest BCUT2D eigenvalue weighted by Crippen LogP contribution is -2.18. The molecular formula is C26H24N2O6. The minimum Gasteiger partial charge on any atom is -0.497 e. The zero-order chi connectivity index (χ0) is 24.1. The minimum absolute atomic E-state index is 0.0405. The summed E-state index contributed by atoms with van der Waals surface area (Å²) in [6.45, 7) is 2.25. The lowest BCUT2D eigenvalue weighted by molar-refractivity contribution is 0.0999. The van der Waals surface area contributed by atoms with Crippen LogP contribution in [-0.2, 0) is 0 Å². The lowest BCUT2D eigenvalue weighted by Gasteiger charge is -2.12. The molecule has 3 aromatic carbocycles. The van der Waals surface area contributed by atoms with Crippen LogP contribution in [0.4, 0.5) is 11.4 Å². The Morgan fingerprint density at radius 3 is 2.38 bits per heavy atom. The van der Waals surface area contributed by atoms with Crippen LogP contribution in [0, 0.1) is 0 Å². The van der Waals surface area contributed by atoms with Crippen LogP contribution >= 0.6 is 0 Å². The van der Waals surface area contributed by atoms with Crippen molar-refractivity contribution in [3.63, 3.8) is 0 Å². The molecule has 4 rings (SSSR count). The second-order valence-electron chi connectivity index (χ2n) is 7.21. The Hall–Kier alpha value is -4.46. The van der Waals surface area contributed by atoms with Crippen molar-refractivity contribution in [3.8, 4) is 17.2 Å². The first-order valence-corrected chi connectivity index (χ1v) is 10.6. The van der Waals surface area contributed by atoms with Gasteiger partial charge in [-0.15, -0.1) is 0 Å². The molecule has 0 bridgehead atoms. The molecule has 8 heteroatoms. The summed E-state index contributed by atoms with van der Waals surface area (Å²) in [4.78, 5) is 26.4. The van der Waals surface area contributed by atoms with Crippen LogP contribution in [0.2, 0.25) is 0 Å². The standard InChI is InChI=1S/C26H24N2O6/c1-4-33-20-11-7-6-10-18(20)25(29)28-23-17-9-5-8-12-21(17)34-24(23)26(30)27-19-14-13-16(31-2)15-22(19)32-3/h5-15H,4H2,1-3H3,(H,27,30)(H,28,29). The predicted molar refractivity (Wildman–Crippen MR) is 129 cm³/mol. The van der Waals surface area contributed by atoms with E-state index in [4.69, 9.17) is 18.6 Å². The number of furan rings is 1. The minimum atomic E-state index is -0.548. The molecule has 1 heterocycles. The van der Waals surface area contributed by atoms with Crippen molar-refractivity contribution < 1.29 is 28.2 Å². The van der Waals surface area contributed by atoms with Gasteiger partial charge in [0.15, 0.2) is 0 Å². The van der Waals surface area contributed by atoms with Gasteiger partial charge in [-0.2, -0.15) is 0 Å². The van der Waals surface area contributed by atoms with Crippen LogP contribution in [0.5, 0.6) is 17.2 Å². The van der Waals surface area contributed by atoms with Crippen LogP contribution < -0.4 is 24.8 Å². The summed E-state index contributed by atoms with van der Waals surface area (Å²) in [6, 6.07) is 19.0. The zero-order valence-electron chi connectivity index (χ0n) is 19.0. The van der Waals surface area contributed by atoms with Gasteiger partial charge in [-0.1, -0.05) is 24.3 Å². The number of hydrogen-bond acceptors (Lipinski definition) is 6. The number of amides is 2. The summed E-state index contributed by atoms with van der Waals surface area (Å²) in [5.74, 6) is 0.435. The number of nitrogens with one attached hydrogen (secondary N) is 2. The molecule has 1 aromatic heterocycles. The number of rotatable bonds is 8.